The van der Waals surface area contributed by atoms with Crippen LogP contribution in [0.5, 0.6) is 0 Å². The Labute approximate surface area is 141 Å². The maximum Gasteiger partial charge on any atom is 0.410 e. The predicted molar refractivity (Wildman–Crippen MR) is 93.7 cm³/mol. The average molecular weight is 325 g/mol. The second kappa shape index (κ2) is 8.34. The lowest BCUT2D eigenvalue weighted by molar-refractivity contribution is 0.0220. The number of ether oxygens (including phenoxy) is 1. The summed E-state index contributed by atoms with van der Waals surface area (Å²) in [4.78, 5) is 16.7. The molecule has 2 aliphatic rings. The molecule has 0 aromatic rings. The molecule has 23 heavy (non-hydrogen) atoms. The van der Waals surface area contributed by atoms with Crippen LogP contribution in [0.15, 0.2) is 0 Å². The molecule has 0 aromatic heterocycles. The van der Waals surface area contributed by atoms with Crippen molar-refractivity contribution in [3.8, 4) is 0 Å². The van der Waals surface area contributed by atoms with Crippen molar-refractivity contribution in [1.29, 1.82) is 0 Å². The quantitative estimate of drug-likeness (QED) is 0.863. The molecule has 2 saturated heterocycles. The third kappa shape index (κ3) is 6.30. The molecule has 1 N–H and O–H groups in total. The standard InChI is InChI=1S/C18H35N3O2/c1-18(2,3)23-17(22)21-13-6-8-16(21)9-11-19-15-7-5-12-20(4)14-10-15/h15-16,19H,5-14H2,1-4H3. The van der Waals surface area contributed by atoms with E-state index in [0.717, 1.165) is 32.4 Å². The summed E-state index contributed by atoms with van der Waals surface area (Å²) in [5.41, 5.74) is -0.408. The summed E-state index contributed by atoms with van der Waals surface area (Å²) in [6, 6.07) is 0.974. The third-order valence-electron chi connectivity index (χ3n) is 4.87. The van der Waals surface area contributed by atoms with Crippen LogP contribution in [-0.2, 0) is 4.74 Å². The molecule has 0 radical (unpaired) electrons. The fraction of sp³-hybridized carbons (Fsp3) is 0.944. The number of carbonyl (C=O) groups excluding carboxylic acids is 1. The Morgan fingerprint density at radius 3 is 2.61 bits per heavy atom. The van der Waals surface area contributed by atoms with E-state index in [4.69, 9.17) is 4.74 Å². The van der Waals surface area contributed by atoms with Gasteiger partial charge in [-0.3, -0.25) is 0 Å². The predicted octanol–water partition coefficient (Wildman–Crippen LogP) is 2.85. The van der Waals surface area contributed by atoms with Gasteiger partial charge in [0.25, 0.3) is 0 Å². The van der Waals surface area contributed by atoms with Crippen LogP contribution in [0.3, 0.4) is 0 Å². The highest BCUT2D eigenvalue weighted by Gasteiger charge is 2.31. The molecule has 2 aliphatic heterocycles. The molecule has 0 aromatic carbocycles. The van der Waals surface area contributed by atoms with Crippen molar-refractivity contribution in [2.24, 2.45) is 0 Å². The van der Waals surface area contributed by atoms with Crippen molar-refractivity contribution >= 4 is 6.09 Å². The van der Waals surface area contributed by atoms with Crippen molar-refractivity contribution in [2.45, 2.75) is 77.0 Å². The first-order chi connectivity index (χ1) is 10.8. The van der Waals surface area contributed by atoms with Crippen molar-refractivity contribution in [3.05, 3.63) is 0 Å². The molecular weight excluding hydrogens is 290 g/mol. The van der Waals surface area contributed by atoms with Gasteiger partial charge in [-0.1, -0.05) is 0 Å². The molecule has 5 heteroatoms. The van der Waals surface area contributed by atoms with E-state index in [0.29, 0.717) is 12.1 Å². The smallest absolute Gasteiger partial charge is 0.410 e. The second-order valence-electron chi connectivity index (χ2n) is 8.14. The number of hydrogen-bond acceptors (Lipinski definition) is 4. The Kier molecular flexibility index (Phi) is 6.72. The van der Waals surface area contributed by atoms with Crippen molar-refractivity contribution in [1.82, 2.24) is 15.1 Å². The number of rotatable bonds is 4. The average Bonchev–Trinajstić information content (AvgIpc) is 2.81. The topological polar surface area (TPSA) is 44.8 Å². The minimum atomic E-state index is -0.408. The lowest BCUT2D eigenvalue weighted by Gasteiger charge is -2.29. The highest BCUT2D eigenvalue weighted by molar-refractivity contribution is 5.68. The van der Waals surface area contributed by atoms with Crippen LogP contribution >= 0.6 is 0 Å². The minimum Gasteiger partial charge on any atom is -0.444 e. The molecule has 2 fully saturated rings. The summed E-state index contributed by atoms with van der Waals surface area (Å²) in [7, 11) is 2.21. The van der Waals surface area contributed by atoms with Crippen LogP contribution in [0.25, 0.3) is 0 Å². The van der Waals surface area contributed by atoms with Crippen LogP contribution < -0.4 is 5.32 Å². The largest absolute Gasteiger partial charge is 0.444 e. The fourth-order valence-corrected chi connectivity index (χ4v) is 3.59. The van der Waals surface area contributed by atoms with E-state index in [9.17, 15) is 4.79 Å². The second-order valence-corrected chi connectivity index (χ2v) is 8.14. The normalized spacial score (nSPS) is 27.0. The lowest BCUT2D eigenvalue weighted by Crippen LogP contribution is -2.41. The molecule has 134 valence electrons. The third-order valence-corrected chi connectivity index (χ3v) is 4.87. The van der Waals surface area contributed by atoms with Crippen LogP contribution in [0.4, 0.5) is 4.79 Å². The number of hydrogen-bond donors (Lipinski definition) is 1. The van der Waals surface area contributed by atoms with Crippen molar-refractivity contribution in [3.63, 3.8) is 0 Å². The first kappa shape index (κ1) is 18.5. The summed E-state index contributed by atoms with van der Waals surface area (Å²) in [6.45, 7) is 10.0. The Bertz CT molecular complexity index is 381. The molecule has 5 nitrogen and oxygen atoms in total. The number of likely N-dealkylation sites (tertiary alicyclic amines) is 2. The van der Waals surface area contributed by atoms with Crippen LogP contribution in [0.2, 0.25) is 0 Å². The summed E-state index contributed by atoms with van der Waals surface area (Å²) < 4.78 is 5.54. The Morgan fingerprint density at radius 1 is 1.13 bits per heavy atom. The maximum absolute atomic E-state index is 12.3. The van der Waals surface area contributed by atoms with E-state index in [2.05, 4.69) is 17.3 Å². The molecule has 2 rings (SSSR count). The van der Waals surface area contributed by atoms with E-state index in [1.165, 1.54) is 32.4 Å². The Morgan fingerprint density at radius 2 is 1.87 bits per heavy atom. The van der Waals surface area contributed by atoms with Crippen molar-refractivity contribution < 1.29 is 9.53 Å². The van der Waals surface area contributed by atoms with Crippen LogP contribution in [0, 0.1) is 0 Å². The van der Waals surface area contributed by atoms with Gasteiger partial charge in [0, 0.05) is 18.6 Å². The summed E-state index contributed by atoms with van der Waals surface area (Å²) in [6.07, 6.45) is 6.87. The minimum absolute atomic E-state index is 0.143. The molecule has 0 spiro atoms. The van der Waals surface area contributed by atoms with Gasteiger partial charge in [-0.25, -0.2) is 4.79 Å². The molecule has 0 bridgehead atoms. The zero-order valence-electron chi connectivity index (χ0n) is 15.4. The molecule has 2 heterocycles. The molecule has 1 amide bonds. The number of nitrogens with zero attached hydrogens (tertiary/aromatic N) is 2. The van der Waals surface area contributed by atoms with Crippen LogP contribution in [-0.4, -0.2) is 66.8 Å². The Balaban J connectivity index is 1.72. The summed E-state index contributed by atoms with van der Waals surface area (Å²) >= 11 is 0. The number of nitrogens with one attached hydrogen (secondary N) is 1. The summed E-state index contributed by atoms with van der Waals surface area (Å²) in [5, 5.41) is 3.71. The highest BCUT2D eigenvalue weighted by Crippen LogP contribution is 2.23. The SMILES string of the molecule is CN1CCCC(NCCC2CCCN2C(=O)OC(C)(C)C)CC1. The van der Waals surface area contributed by atoms with Gasteiger partial charge < -0.3 is 19.9 Å². The van der Waals surface area contributed by atoms with Gasteiger partial charge in [0.05, 0.1) is 0 Å². The van der Waals surface area contributed by atoms with E-state index in [-0.39, 0.29) is 6.09 Å². The molecule has 2 unspecified atom stereocenters. The van der Waals surface area contributed by atoms with Crippen molar-refractivity contribution in [2.75, 3.05) is 33.2 Å². The molecule has 0 aliphatic carbocycles. The van der Waals surface area contributed by atoms with Gasteiger partial charge in [0.15, 0.2) is 0 Å². The van der Waals surface area contributed by atoms with Gasteiger partial charge in [0.1, 0.15) is 5.60 Å². The van der Waals surface area contributed by atoms with Gasteiger partial charge in [-0.15, -0.1) is 0 Å². The van der Waals surface area contributed by atoms with E-state index in [1.54, 1.807) is 0 Å². The molecule has 0 saturated carbocycles. The van der Waals surface area contributed by atoms with Crippen LogP contribution in [0.1, 0.15) is 59.3 Å². The van der Waals surface area contributed by atoms with Gasteiger partial charge >= 0.3 is 6.09 Å². The zero-order valence-corrected chi connectivity index (χ0v) is 15.4. The van der Waals surface area contributed by atoms with Gasteiger partial charge in [0.2, 0.25) is 0 Å². The monoisotopic (exact) mass is 325 g/mol. The zero-order chi connectivity index (χ0) is 16.9. The first-order valence-corrected chi connectivity index (χ1v) is 9.27. The maximum atomic E-state index is 12.3. The summed E-state index contributed by atoms with van der Waals surface area (Å²) in [5.74, 6) is 0. The Hall–Kier alpha value is -0.810. The molecule has 2 atom stereocenters. The first-order valence-electron chi connectivity index (χ1n) is 9.27. The van der Waals surface area contributed by atoms with E-state index in [1.807, 2.05) is 25.7 Å². The number of carbonyl (C=O) groups is 1. The number of amides is 1. The van der Waals surface area contributed by atoms with E-state index >= 15 is 0 Å². The van der Waals surface area contributed by atoms with Gasteiger partial charge in [-0.05, 0) is 86.0 Å². The highest BCUT2D eigenvalue weighted by atomic mass is 16.6. The van der Waals surface area contributed by atoms with E-state index < -0.39 is 5.60 Å². The molecular formula is C18H35N3O2. The van der Waals surface area contributed by atoms with Gasteiger partial charge in [-0.2, -0.15) is 0 Å². The fourth-order valence-electron chi connectivity index (χ4n) is 3.59. The lowest BCUT2D eigenvalue weighted by atomic mass is 10.1.